The number of para-hydroxylation sites is 1. The fourth-order valence-electron chi connectivity index (χ4n) is 2.64. The Balaban J connectivity index is 2.26. The van der Waals surface area contributed by atoms with Gasteiger partial charge in [0, 0.05) is 18.8 Å². The van der Waals surface area contributed by atoms with Crippen molar-refractivity contribution in [1.82, 2.24) is 0 Å². The van der Waals surface area contributed by atoms with Gasteiger partial charge in [-0.3, -0.25) is 0 Å². The first kappa shape index (κ1) is 12.4. The highest BCUT2D eigenvalue weighted by molar-refractivity contribution is 5.59. The Hall–Kier alpha value is -1.02. The molecule has 17 heavy (non-hydrogen) atoms. The molecule has 0 bridgehead atoms. The van der Waals surface area contributed by atoms with Crippen LogP contribution < -0.4 is 4.90 Å². The quantitative estimate of drug-likeness (QED) is 0.806. The van der Waals surface area contributed by atoms with Crippen LogP contribution in [-0.2, 0) is 0 Å². The van der Waals surface area contributed by atoms with E-state index in [-0.39, 0.29) is 11.5 Å². The van der Waals surface area contributed by atoms with Crippen molar-refractivity contribution in [2.45, 2.75) is 40.2 Å². The SMILES string of the molecule is Cc1cccc(C)c1N1CCC(C)(C)C(O)C1. The zero-order valence-corrected chi connectivity index (χ0v) is 11.3. The summed E-state index contributed by atoms with van der Waals surface area (Å²) in [7, 11) is 0. The van der Waals surface area contributed by atoms with Gasteiger partial charge in [-0.05, 0) is 36.8 Å². The molecular weight excluding hydrogens is 210 g/mol. The first-order valence-electron chi connectivity index (χ1n) is 6.41. The first-order chi connectivity index (χ1) is 7.92. The van der Waals surface area contributed by atoms with E-state index in [4.69, 9.17) is 0 Å². The van der Waals surface area contributed by atoms with E-state index in [2.05, 4.69) is 50.8 Å². The van der Waals surface area contributed by atoms with Gasteiger partial charge >= 0.3 is 0 Å². The molecular formula is C15H23NO. The first-order valence-corrected chi connectivity index (χ1v) is 6.41. The Kier molecular flexibility index (Phi) is 3.17. The Morgan fingerprint density at radius 1 is 1.24 bits per heavy atom. The van der Waals surface area contributed by atoms with Crippen LogP contribution in [-0.4, -0.2) is 24.3 Å². The highest BCUT2D eigenvalue weighted by Gasteiger charge is 2.34. The van der Waals surface area contributed by atoms with Gasteiger partial charge in [-0.1, -0.05) is 32.0 Å². The summed E-state index contributed by atoms with van der Waals surface area (Å²) in [5.74, 6) is 0. The number of rotatable bonds is 1. The molecule has 0 spiro atoms. The van der Waals surface area contributed by atoms with Crippen LogP contribution >= 0.6 is 0 Å². The van der Waals surface area contributed by atoms with Crippen molar-refractivity contribution in [2.75, 3.05) is 18.0 Å². The van der Waals surface area contributed by atoms with Gasteiger partial charge in [0.15, 0.2) is 0 Å². The van der Waals surface area contributed by atoms with Gasteiger partial charge in [-0.2, -0.15) is 0 Å². The second-order valence-corrected chi connectivity index (χ2v) is 5.94. The third kappa shape index (κ3) is 2.32. The molecule has 1 aromatic carbocycles. The van der Waals surface area contributed by atoms with E-state index >= 15 is 0 Å². The summed E-state index contributed by atoms with van der Waals surface area (Å²) < 4.78 is 0. The van der Waals surface area contributed by atoms with Crippen molar-refractivity contribution in [1.29, 1.82) is 0 Å². The molecule has 0 saturated carbocycles. The van der Waals surface area contributed by atoms with Gasteiger partial charge in [0.2, 0.25) is 0 Å². The molecule has 0 aromatic heterocycles. The average Bonchev–Trinajstić information content (AvgIpc) is 2.23. The van der Waals surface area contributed by atoms with Crippen molar-refractivity contribution < 1.29 is 5.11 Å². The van der Waals surface area contributed by atoms with E-state index in [0.717, 1.165) is 19.5 Å². The van der Waals surface area contributed by atoms with Gasteiger partial charge in [0.1, 0.15) is 0 Å². The molecule has 1 aromatic rings. The van der Waals surface area contributed by atoms with Crippen LogP contribution in [0.3, 0.4) is 0 Å². The summed E-state index contributed by atoms with van der Waals surface area (Å²) in [6, 6.07) is 6.39. The molecule has 2 heteroatoms. The molecule has 1 N–H and O–H groups in total. The van der Waals surface area contributed by atoms with Crippen LogP contribution in [0.25, 0.3) is 0 Å². The number of piperidine rings is 1. The van der Waals surface area contributed by atoms with Crippen LogP contribution in [0.1, 0.15) is 31.4 Å². The molecule has 0 aliphatic carbocycles. The molecule has 2 rings (SSSR count). The van der Waals surface area contributed by atoms with E-state index in [9.17, 15) is 5.11 Å². The van der Waals surface area contributed by atoms with E-state index in [1.165, 1.54) is 16.8 Å². The zero-order chi connectivity index (χ0) is 12.6. The highest BCUT2D eigenvalue weighted by Crippen LogP contribution is 2.34. The molecule has 2 nitrogen and oxygen atoms in total. The molecule has 1 atom stereocenters. The van der Waals surface area contributed by atoms with E-state index in [1.54, 1.807) is 0 Å². The third-order valence-corrected chi connectivity index (χ3v) is 4.08. The predicted octanol–water partition coefficient (Wildman–Crippen LogP) is 2.90. The van der Waals surface area contributed by atoms with Gasteiger partial charge in [0.25, 0.3) is 0 Å². The number of β-amino-alcohol motifs (C(OH)–C–C–N with tert-alkyl or cyclic N) is 1. The number of aryl methyl sites for hydroxylation is 2. The van der Waals surface area contributed by atoms with Crippen molar-refractivity contribution in [2.24, 2.45) is 5.41 Å². The molecule has 1 fully saturated rings. The molecule has 94 valence electrons. The van der Waals surface area contributed by atoms with Crippen molar-refractivity contribution in [3.63, 3.8) is 0 Å². The average molecular weight is 233 g/mol. The normalized spacial score (nSPS) is 23.8. The lowest BCUT2D eigenvalue weighted by atomic mass is 9.79. The second-order valence-electron chi connectivity index (χ2n) is 5.94. The third-order valence-electron chi connectivity index (χ3n) is 4.08. The summed E-state index contributed by atoms with van der Waals surface area (Å²) in [5, 5.41) is 10.2. The number of aliphatic hydroxyl groups excluding tert-OH is 1. The van der Waals surface area contributed by atoms with Crippen LogP contribution in [0.4, 0.5) is 5.69 Å². The molecule has 1 aliphatic rings. The van der Waals surface area contributed by atoms with Crippen molar-refractivity contribution in [3.05, 3.63) is 29.3 Å². The smallest absolute Gasteiger partial charge is 0.0766 e. The van der Waals surface area contributed by atoms with E-state index in [1.807, 2.05) is 0 Å². The number of hydrogen-bond acceptors (Lipinski definition) is 2. The number of aliphatic hydroxyl groups is 1. The second kappa shape index (κ2) is 4.34. The predicted molar refractivity (Wildman–Crippen MR) is 72.5 cm³/mol. The van der Waals surface area contributed by atoms with Gasteiger partial charge in [-0.15, -0.1) is 0 Å². The van der Waals surface area contributed by atoms with Crippen molar-refractivity contribution in [3.8, 4) is 0 Å². The fourth-order valence-corrected chi connectivity index (χ4v) is 2.64. The van der Waals surface area contributed by atoms with Gasteiger partial charge < -0.3 is 10.0 Å². The summed E-state index contributed by atoms with van der Waals surface area (Å²) in [6.07, 6.45) is 0.803. The summed E-state index contributed by atoms with van der Waals surface area (Å²) >= 11 is 0. The molecule has 0 amide bonds. The maximum atomic E-state index is 10.2. The maximum absolute atomic E-state index is 10.2. The number of hydrogen-bond donors (Lipinski definition) is 1. The summed E-state index contributed by atoms with van der Waals surface area (Å²) in [6.45, 7) is 10.4. The molecule has 1 unspecified atom stereocenters. The topological polar surface area (TPSA) is 23.5 Å². The zero-order valence-electron chi connectivity index (χ0n) is 11.3. The molecule has 1 saturated heterocycles. The lowest BCUT2D eigenvalue weighted by molar-refractivity contribution is 0.0350. The van der Waals surface area contributed by atoms with Gasteiger partial charge in [0.05, 0.1) is 6.10 Å². The monoisotopic (exact) mass is 233 g/mol. The minimum Gasteiger partial charge on any atom is -0.391 e. The van der Waals surface area contributed by atoms with Crippen molar-refractivity contribution >= 4 is 5.69 Å². The maximum Gasteiger partial charge on any atom is 0.0766 e. The largest absolute Gasteiger partial charge is 0.391 e. The Morgan fingerprint density at radius 3 is 2.35 bits per heavy atom. The Morgan fingerprint density at radius 2 is 1.82 bits per heavy atom. The Labute approximate surface area is 104 Å². The van der Waals surface area contributed by atoms with Crippen LogP contribution in [0.5, 0.6) is 0 Å². The number of nitrogens with zero attached hydrogens (tertiary/aromatic N) is 1. The lowest BCUT2D eigenvalue weighted by Crippen LogP contribution is -2.48. The minimum atomic E-state index is -0.241. The van der Waals surface area contributed by atoms with E-state index in [0.29, 0.717) is 0 Å². The molecule has 1 aliphatic heterocycles. The minimum absolute atomic E-state index is 0.0487. The van der Waals surface area contributed by atoms with Crippen LogP contribution in [0, 0.1) is 19.3 Å². The summed E-state index contributed by atoms with van der Waals surface area (Å²) in [5.41, 5.74) is 3.96. The fraction of sp³-hybridized carbons (Fsp3) is 0.600. The summed E-state index contributed by atoms with van der Waals surface area (Å²) in [4.78, 5) is 2.33. The lowest BCUT2D eigenvalue weighted by Gasteiger charge is -2.43. The van der Waals surface area contributed by atoms with Crippen LogP contribution in [0.2, 0.25) is 0 Å². The molecule has 0 radical (unpaired) electrons. The number of anilines is 1. The van der Waals surface area contributed by atoms with Crippen LogP contribution in [0.15, 0.2) is 18.2 Å². The number of benzene rings is 1. The van der Waals surface area contributed by atoms with Gasteiger partial charge in [-0.25, -0.2) is 0 Å². The highest BCUT2D eigenvalue weighted by atomic mass is 16.3. The Bertz CT molecular complexity index is 391. The standard InChI is InChI=1S/C15H23NO/c1-11-6-5-7-12(2)14(11)16-9-8-15(3,4)13(17)10-16/h5-7,13,17H,8-10H2,1-4H3. The van der Waals surface area contributed by atoms with E-state index < -0.39 is 0 Å². The molecule has 1 heterocycles.